The molecule has 0 unspecified atom stereocenters. The maximum atomic E-state index is 12.4. The van der Waals surface area contributed by atoms with Crippen molar-refractivity contribution in [2.75, 3.05) is 23.3 Å². The van der Waals surface area contributed by atoms with E-state index >= 15 is 0 Å². The molecule has 0 atom stereocenters. The van der Waals surface area contributed by atoms with E-state index in [1.165, 1.54) is 28.0 Å². The van der Waals surface area contributed by atoms with E-state index in [0.717, 1.165) is 35.5 Å². The number of thiophene rings is 1. The third-order valence-corrected chi connectivity index (χ3v) is 10.9. The van der Waals surface area contributed by atoms with Gasteiger partial charge in [-0.1, -0.05) is 34.7 Å². The number of sulfonamides is 1. The van der Waals surface area contributed by atoms with Crippen LogP contribution in [-0.4, -0.2) is 45.7 Å². The molecule has 3 heterocycles. The van der Waals surface area contributed by atoms with Crippen LogP contribution < -0.4 is 14.2 Å². The minimum Gasteiger partial charge on any atom is -0.317 e. The Morgan fingerprint density at radius 1 is 1.24 bits per heavy atom. The van der Waals surface area contributed by atoms with Crippen LogP contribution in [0.1, 0.15) is 11.9 Å². The van der Waals surface area contributed by atoms with Gasteiger partial charge in [-0.25, -0.2) is 13.1 Å². The third kappa shape index (κ3) is 7.09. The topological polar surface area (TPSA) is 125 Å². The lowest BCUT2D eigenvalue weighted by Gasteiger charge is -2.18. The molecule has 0 saturated heterocycles. The van der Waals surface area contributed by atoms with Crippen molar-refractivity contribution in [1.29, 1.82) is 0 Å². The maximum absolute atomic E-state index is 12.4. The molecule has 1 aromatic carbocycles. The largest absolute Gasteiger partial charge is 0.317 e. The molecule has 0 saturated carbocycles. The molecule has 4 rings (SSSR count). The minimum absolute atomic E-state index is 0.194. The second kappa shape index (κ2) is 10.9. The van der Waals surface area contributed by atoms with Crippen molar-refractivity contribution in [1.82, 2.24) is 4.72 Å². The van der Waals surface area contributed by atoms with E-state index in [0.29, 0.717) is 15.7 Å². The van der Waals surface area contributed by atoms with Gasteiger partial charge in [0.25, 0.3) is 21.0 Å². The van der Waals surface area contributed by atoms with Crippen LogP contribution in [-0.2, 0) is 31.5 Å². The lowest BCUT2D eigenvalue weighted by atomic mass is 10.2. The molecule has 16 heteroatoms. The fourth-order valence-electron chi connectivity index (χ4n) is 3.54. The van der Waals surface area contributed by atoms with E-state index in [9.17, 15) is 26.2 Å². The number of aromatic nitrogens is 1. The zero-order valence-corrected chi connectivity index (χ0v) is 25.2. The summed E-state index contributed by atoms with van der Waals surface area (Å²) in [5.74, 6) is -1.29. The van der Waals surface area contributed by atoms with Crippen molar-refractivity contribution in [3.8, 4) is 0 Å². The normalized spacial score (nSPS) is 15.5. The smallest absolute Gasteiger partial charge is 0.299 e. The fourth-order valence-corrected chi connectivity index (χ4v) is 9.29. The van der Waals surface area contributed by atoms with Crippen LogP contribution in [0.25, 0.3) is 15.6 Å². The Morgan fingerprint density at radius 3 is 2.62 bits per heavy atom. The van der Waals surface area contributed by atoms with E-state index in [1.54, 1.807) is 51.9 Å². The van der Waals surface area contributed by atoms with Crippen LogP contribution >= 0.6 is 57.8 Å². The number of rotatable bonds is 8. The highest BCUT2D eigenvalue weighted by Gasteiger charge is 2.29. The SMILES string of the molecule is CSc1cc2c(s1)sc(C=C(C)C=C1Sc3ccc(Cl)cc3N1CS(=O)(=O)O)[n+]2CC(=O)NS(C)(=O)=O. The first-order valence-electron chi connectivity index (χ1n) is 10.3. The first-order chi connectivity index (χ1) is 17.2. The fraction of sp³-hybridized carbons (Fsp3) is 0.238. The average Bonchev–Trinajstić information content (AvgIpc) is 3.39. The van der Waals surface area contributed by atoms with Gasteiger partial charge in [0, 0.05) is 22.1 Å². The van der Waals surface area contributed by atoms with Crippen LogP contribution in [0.3, 0.4) is 0 Å². The Kier molecular flexibility index (Phi) is 8.36. The summed E-state index contributed by atoms with van der Waals surface area (Å²) >= 11 is 12.1. The Bertz CT molecular complexity index is 1670. The van der Waals surface area contributed by atoms with Gasteiger partial charge in [0.1, 0.15) is 0 Å². The lowest BCUT2D eigenvalue weighted by Crippen LogP contribution is -2.45. The van der Waals surface area contributed by atoms with Crippen LogP contribution in [0, 0.1) is 0 Å². The Balaban J connectivity index is 1.73. The number of fused-ring (bicyclic) bond motifs is 2. The van der Waals surface area contributed by atoms with Crippen LogP contribution in [0.15, 0.2) is 50.0 Å². The summed E-state index contributed by atoms with van der Waals surface area (Å²) < 4.78 is 61.9. The van der Waals surface area contributed by atoms with E-state index in [4.69, 9.17) is 11.6 Å². The Labute approximate surface area is 236 Å². The minimum atomic E-state index is -4.33. The third-order valence-electron chi connectivity index (χ3n) is 4.90. The van der Waals surface area contributed by atoms with Gasteiger partial charge < -0.3 is 4.90 Å². The van der Waals surface area contributed by atoms with E-state index in [-0.39, 0.29) is 6.54 Å². The van der Waals surface area contributed by atoms with Gasteiger partial charge >= 0.3 is 0 Å². The molecule has 198 valence electrons. The number of nitrogens with zero attached hydrogens (tertiary/aromatic N) is 2. The van der Waals surface area contributed by atoms with Crippen molar-refractivity contribution in [2.45, 2.75) is 22.6 Å². The molecular formula is C21H21ClN3O6S6+. The number of amides is 1. The number of anilines is 1. The summed E-state index contributed by atoms with van der Waals surface area (Å²) in [6.07, 6.45) is 6.51. The first-order valence-corrected chi connectivity index (χ1v) is 17.9. The second-order valence-corrected chi connectivity index (χ2v) is 16.1. The second-order valence-electron chi connectivity index (χ2n) is 7.99. The van der Waals surface area contributed by atoms with Crippen LogP contribution in [0.4, 0.5) is 5.69 Å². The lowest BCUT2D eigenvalue weighted by molar-refractivity contribution is -0.655. The van der Waals surface area contributed by atoms with Crippen molar-refractivity contribution in [2.24, 2.45) is 0 Å². The Morgan fingerprint density at radius 2 is 1.97 bits per heavy atom. The maximum Gasteiger partial charge on any atom is 0.299 e. The van der Waals surface area contributed by atoms with Crippen LogP contribution in [0.5, 0.6) is 0 Å². The number of nitrogens with one attached hydrogen (secondary N) is 1. The highest BCUT2D eigenvalue weighted by molar-refractivity contribution is 8.03. The molecule has 0 spiro atoms. The van der Waals surface area contributed by atoms with Gasteiger partial charge in [-0.2, -0.15) is 13.0 Å². The van der Waals surface area contributed by atoms with Crippen molar-refractivity contribution in [3.05, 3.63) is 51.0 Å². The summed E-state index contributed by atoms with van der Waals surface area (Å²) in [5.41, 5.74) is 2.14. The summed E-state index contributed by atoms with van der Waals surface area (Å²) in [4.78, 5) is 14.7. The number of thioether (sulfide) groups is 2. The molecule has 9 nitrogen and oxygen atoms in total. The number of allylic oxidation sites excluding steroid dienone is 2. The number of hydrogen-bond acceptors (Lipinski definition) is 10. The molecule has 1 aliphatic heterocycles. The summed E-state index contributed by atoms with van der Waals surface area (Å²) in [5, 5.41) is 1.73. The van der Waals surface area contributed by atoms with Gasteiger partial charge in [-0.3, -0.25) is 9.35 Å². The number of carbonyl (C=O) groups excluding carboxylic acids is 1. The monoisotopic (exact) mass is 638 g/mol. The molecule has 1 aliphatic rings. The van der Waals surface area contributed by atoms with Crippen molar-refractivity contribution in [3.63, 3.8) is 0 Å². The quantitative estimate of drug-likeness (QED) is 0.210. The van der Waals surface area contributed by atoms with Gasteiger partial charge in [-0.05, 0) is 43.0 Å². The molecule has 37 heavy (non-hydrogen) atoms. The molecule has 0 aliphatic carbocycles. The predicted molar refractivity (Wildman–Crippen MR) is 153 cm³/mol. The number of hydrogen-bond donors (Lipinski definition) is 2. The summed E-state index contributed by atoms with van der Waals surface area (Å²) in [7, 11) is -8.03. The van der Waals surface area contributed by atoms with Crippen LogP contribution in [0.2, 0.25) is 5.02 Å². The molecule has 0 bridgehead atoms. The summed E-state index contributed by atoms with van der Waals surface area (Å²) in [6.45, 7) is 1.64. The zero-order valence-electron chi connectivity index (χ0n) is 19.6. The molecular weight excluding hydrogens is 618 g/mol. The highest BCUT2D eigenvalue weighted by Crippen LogP contribution is 2.47. The van der Waals surface area contributed by atoms with E-state index in [1.807, 2.05) is 30.0 Å². The van der Waals surface area contributed by atoms with Crippen molar-refractivity contribution < 1.29 is 30.7 Å². The first kappa shape index (κ1) is 28.4. The molecule has 0 radical (unpaired) electrons. The van der Waals surface area contributed by atoms with E-state index in [2.05, 4.69) is 0 Å². The van der Waals surface area contributed by atoms with Gasteiger partial charge in [-0.15, -0.1) is 23.1 Å². The van der Waals surface area contributed by atoms with Gasteiger partial charge in [0.05, 0.1) is 21.2 Å². The molecule has 2 N–H and O–H groups in total. The van der Waals surface area contributed by atoms with Gasteiger partial charge in [0.2, 0.25) is 22.1 Å². The number of benzene rings is 1. The molecule has 3 aromatic rings. The molecule has 2 aromatic heterocycles. The molecule has 0 fully saturated rings. The molecule has 1 amide bonds. The highest BCUT2D eigenvalue weighted by atomic mass is 35.5. The number of halogens is 1. The zero-order chi connectivity index (χ0) is 27.1. The van der Waals surface area contributed by atoms with E-state index < -0.39 is 31.9 Å². The Hall–Kier alpha value is -1.59. The van der Waals surface area contributed by atoms with Crippen molar-refractivity contribution >= 4 is 105 Å². The predicted octanol–water partition coefficient (Wildman–Crippen LogP) is 4.40. The average molecular weight is 639 g/mol. The summed E-state index contributed by atoms with van der Waals surface area (Å²) in [6, 6.07) is 7.09. The number of thiazole rings is 1. The standard InChI is InChI=1S/C21H20ClN3O6S6/c1-12(7-19-25(11-37(29,30)31)14-8-13(22)4-5-16(14)33-19)6-18-24(10-17(26)23-36(3,27)28)15-9-20(32-2)35-21(15)34-18/h4-9H,10-11H2,1-3H3,(H-,23,26,29,30,31)/p+1. The number of carbonyl (C=O) groups is 1. The van der Waals surface area contributed by atoms with Gasteiger partial charge in [0.15, 0.2) is 9.89 Å².